The minimum Gasteiger partial charge on any atom is -0.383 e. The van der Waals surface area contributed by atoms with E-state index < -0.39 is 11.3 Å². The van der Waals surface area contributed by atoms with Crippen LogP contribution >= 0.6 is 0 Å². The second-order valence-corrected chi connectivity index (χ2v) is 8.25. The topological polar surface area (TPSA) is 122 Å². The molecule has 4 aromatic rings. The van der Waals surface area contributed by atoms with E-state index in [-0.39, 0.29) is 0 Å². The summed E-state index contributed by atoms with van der Waals surface area (Å²) in [5.74, 6) is -0.0785. The molecule has 160 valence electrons. The Balaban J connectivity index is 1.94. The molecule has 31 heavy (non-hydrogen) atoms. The maximum atomic E-state index is 12.0. The van der Waals surface area contributed by atoms with E-state index in [1.807, 2.05) is 28.9 Å². The van der Waals surface area contributed by atoms with Crippen molar-refractivity contribution < 1.29 is 9.53 Å². The van der Waals surface area contributed by atoms with Gasteiger partial charge in [0.1, 0.15) is 5.52 Å². The number of carbonyl (C=O) groups excluding carboxylic acids is 1. The molecule has 1 aromatic carbocycles. The monoisotopic (exact) mass is 418 g/mol. The molecular formula is C23H26N6O2. The molecule has 0 unspecified atom stereocenters. The number of nitrogens with zero attached hydrogens (tertiary/aromatic N) is 4. The van der Waals surface area contributed by atoms with Crippen LogP contribution in [0.15, 0.2) is 42.7 Å². The molecule has 0 atom stereocenters. The number of aromatic nitrogens is 4. The molecule has 0 spiro atoms. The number of hydrogen-bond donors (Lipinski definition) is 2. The van der Waals surface area contributed by atoms with Gasteiger partial charge in [-0.05, 0) is 29.5 Å². The average molecular weight is 419 g/mol. The van der Waals surface area contributed by atoms with Gasteiger partial charge in [-0.1, -0.05) is 32.0 Å². The predicted octanol–water partition coefficient (Wildman–Crippen LogP) is 2.83. The molecule has 0 fully saturated rings. The van der Waals surface area contributed by atoms with Crippen LogP contribution in [0.2, 0.25) is 0 Å². The van der Waals surface area contributed by atoms with Crippen LogP contribution in [0.3, 0.4) is 0 Å². The lowest BCUT2D eigenvalue weighted by Gasteiger charge is -2.27. The fraction of sp³-hybridized carbons (Fsp3) is 0.304. The Morgan fingerprint density at radius 1 is 1.23 bits per heavy atom. The lowest BCUT2D eigenvalue weighted by molar-refractivity contribution is 0.0998. The van der Waals surface area contributed by atoms with Crippen LogP contribution < -0.4 is 11.5 Å². The molecule has 0 aliphatic rings. The van der Waals surface area contributed by atoms with Crippen molar-refractivity contribution in [2.75, 3.05) is 19.5 Å². The van der Waals surface area contributed by atoms with Gasteiger partial charge in [-0.15, -0.1) is 0 Å². The summed E-state index contributed by atoms with van der Waals surface area (Å²) in [6.07, 6.45) is 3.89. The SMILES string of the molecule is COCCn1nc2c(N)nc3ccccc3c2c1CC(C)(C)c1cnccc1C(N)=O. The van der Waals surface area contributed by atoms with Crippen molar-refractivity contribution in [2.24, 2.45) is 5.73 Å². The highest BCUT2D eigenvalue weighted by Crippen LogP contribution is 2.36. The van der Waals surface area contributed by atoms with E-state index in [1.165, 1.54) is 0 Å². The van der Waals surface area contributed by atoms with Gasteiger partial charge in [-0.2, -0.15) is 5.10 Å². The number of nitrogen functional groups attached to an aromatic ring is 1. The molecule has 3 aromatic heterocycles. The molecule has 8 heteroatoms. The highest BCUT2D eigenvalue weighted by Gasteiger charge is 2.30. The summed E-state index contributed by atoms with van der Waals surface area (Å²) in [6, 6.07) is 9.56. The maximum Gasteiger partial charge on any atom is 0.249 e. The summed E-state index contributed by atoms with van der Waals surface area (Å²) in [5, 5.41) is 6.73. The van der Waals surface area contributed by atoms with Gasteiger partial charge >= 0.3 is 0 Å². The van der Waals surface area contributed by atoms with Gasteiger partial charge in [0, 0.05) is 41.5 Å². The average Bonchev–Trinajstić information content (AvgIpc) is 3.10. The first-order valence-electron chi connectivity index (χ1n) is 10.1. The molecule has 8 nitrogen and oxygen atoms in total. The van der Waals surface area contributed by atoms with E-state index in [0.29, 0.717) is 36.5 Å². The van der Waals surface area contributed by atoms with E-state index in [9.17, 15) is 4.79 Å². The molecule has 0 radical (unpaired) electrons. The van der Waals surface area contributed by atoms with E-state index in [1.54, 1.807) is 25.6 Å². The molecule has 3 heterocycles. The normalized spacial score (nSPS) is 12.0. The molecular weight excluding hydrogens is 392 g/mol. The van der Waals surface area contributed by atoms with Crippen LogP contribution in [0.5, 0.6) is 0 Å². The number of fused-ring (bicyclic) bond motifs is 3. The molecule has 1 amide bonds. The number of ether oxygens (including phenoxy) is 1. The number of nitrogens with two attached hydrogens (primary N) is 2. The van der Waals surface area contributed by atoms with E-state index in [2.05, 4.69) is 23.8 Å². The number of anilines is 1. The van der Waals surface area contributed by atoms with Crippen molar-refractivity contribution in [1.82, 2.24) is 19.7 Å². The molecule has 0 aliphatic carbocycles. The van der Waals surface area contributed by atoms with Crippen molar-refractivity contribution in [3.63, 3.8) is 0 Å². The summed E-state index contributed by atoms with van der Waals surface area (Å²) in [5.41, 5.74) is 15.2. The number of para-hydroxylation sites is 1. The number of amides is 1. The van der Waals surface area contributed by atoms with Gasteiger partial charge in [0.05, 0.1) is 18.7 Å². The third-order valence-electron chi connectivity index (χ3n) is 5.65. The lowest BCUT2D eigenvalue weighted by Crippen LogP contribution is -2.27. The minimum absolute atomic E-state index is 0.392. The summed E-state index contributed by atoms with van der Waals surface area (Å²) in [6.45, 7) is 5.22. The van der Waals surface area contributed by atoms with Gasteiger partial charge in [0.15, 0.2) is 5.82 Å². The van der Waals surface area contributed by atoms with Crippen molar-refractivity contribution in [1.29, 1.82) is 0 Å². The standard InChI is InChI=1S/C23H26N6O2/c1-23(2,16-13-26-9-8-14(16)22(25)30)12-18-19-15-6-4-5-7-17(15)27-21(24)20(19)28-29(18)10-11-31-3/h4-9,13H,10-12H2,1-3H3,(H2,24,27)(H2,25,30). The highest BCUT2D eigenvalue weighted by atomic mass is 16.5. The summed E-state index contributed by atoms with van der Waals surface area (Å²) >= 11 is 0. The maximum absolute atomic E-state index is 12.0. The van der Waals surface area contributed by atoms with E-state index in [0.717, 1.165) is 27.5 Å². The third-order valence-corrected chi connectivity index (χ3v) is 5.65. The zero-order chi connectivity index (χ0) is 22.2. The lowest BCUT2D eigenvalue weighted by atomic mass is 9.78. The number of pyridine rings is 2. The molecule has 0 aliphatic heterocycles. The number of rotatable bonds is 7. The Hall–Kier alpha value is -3.52. The first kappa shape index (κ1) is 20.7. The second-order valence-electron chi connectivity index (χ2n) is 8.25. The molecule has 0 saturated heterocycles. The zero-order valence-electron chi connectivity index (χ0n) is 17.9. The van der Waals surface area contributed by atoms with Crippen LogP contribution in [0.25, 0.3) is 21.8 Å². The van der Waals surface area contributed by atoms with Gasteiger partial charge in [0.2, 0.25) is 5.91 Å². The first-order valence-corrected chi connectivity index (χ1v) is 10.1. The Morgan fingerprint density at radius 3 is 2.74 bits per heavy atom. The zero-order valence-corrected chi connectivity index (χ0v) is 17.9. The van der Waals surface area contributed by atoms with Crippen molar-refractivity contribution in [3.05, 3.63) is 59.5 Å². The molecule has 0 saturated carbocycles. The summed E-state index contributed by atoms with van der Waals surface area (Å²) in [7, 11) is 1.66. The van der Waals surface area contributed by atoms with Gasteiger partial charge < -0.3 is 16.2 Å². The quantitative estimate of drug-likeness (QED) is 0.476. The number of primary amides is 1. The third kappa shape index (κ3) is 3.70. The number of hydrogen-bond acceptors (Lipinski definition) is 6. The Kier molecular flexibility index (Phi) is 5.32. The number of carbonyl (C=O) groups is 1. The fourth-order valence-electron chi connectivity index (χ4n) is 4.13. The van der Waals surface area contributed by atoms with Crippen molar-refractivity contribution in [2.45, 2.75) is 32.2 Å². The molecule has 4 N–H and O–H groups in total. The van der Waals surface area contributed by atoms with Crippen molar-refractivity contribution >= 4 is 33.5 Å². The molecule has 0 bridgehead atoms. The van der Waals surface area contributed by atoms with Crippen LogP contribution in [-0.2, 0) is 23.1 Å². The van der Waals surface area contributed by atoms with Crippen LogP contribution in [0.4, 0.5) is 5.82 Å². The van der Waals surface area contributed by atoms with Crippen LogP contribution in [-0.4, -0.2) is 39.4 Å². The fourth-order valence-corrected chi connectivity index (χ4v) is 4.13. The van der Waals surface area contributed by atoms with Gasteiger partial charge in [-0.3, -0.25) is 14.5 Å². The number of methoxy groups -OCH3 is 1. The first-order chi connectivity index (χ1) is 14.8. The highest BCUT2D eigenvalue weighted by molar-refractivity contribution is 6.09. The summed E-state index contributed by atoms with van der Waals surface area (Å²) in [4.78, 5) is 20.8. The largest absolute Gasteiger partial charge is 0.383 e. The van der Waals surface area contributed by atoms with Crippen LogP contribution in [0, 0.1) is 0 Å². The van der Waals surface area contributed by atoms with E-state index in [4.69, 9.17) is 21.3 Å². The van der Waals surface area contributed by atoms with Crippen LogP contribution in [0.1, 0.15) is 35.5 Å². The Bertz CT molecular complexity index is 1280. The second kappa shape index (κ2) is 7.96. The Morgan fingerprint density at radius 2 is 2.00 bits per heavy atom. The van der Waals surface area contributed by atoms with E-state index >= 15 is 0 Å². The smallest absolute Gasteiger partial charge is 0.249 e. The van der Waals surface area contributed by atoms with Crippen molar-refractivity contribution in [3.8, 4) is 0 Å². The summed E-state index contributed by atoms with van der Waals surface area (Å²) < 4.78 is 7.23. The predicted molar refractivity (Wildman–Crippen MR) is 121 cm³/mol. The minimum atomic E-state index is -0.470. The number of benzene rings is 1. The van der Waals surface area contributed by atoms with Gasteiger partial charge in [-0.25, -0.2) is 4.98 Å². The molecule has 4 rings (SSSR count). The van der Waals surface area contributed by atoms with Gasteiger partial charge in [0.25, 0.3) is 0 Å². The Labute approximate surface area is 180 Å².